The molecule has 0 aliphatic rings. The van der Waals surface area contributed by atoms with E-state index in [1.807, 2.05) is 61.5 Å². The van der Waals surface area contributed by atoms with Crippen molar-refractivity contribution in [3.63, 3.8) is 0 Å². The zero-order valence-corrected chi connectivity index (χ0v) is 20.2. The summed E-state index contributed by atoms with van der Waals surface area (Å²) >= 11 is 3.43. The van der Waals surface area contributed by atoms with Gasteiger partial charge in [0.1, 0.15) is 18.2 Å². The lowest BCUT2D eigenvalue weighted by molar-refractivity contribution is 0.307. The lowest BCUT2D eigenvalue weighted by Crippen LogP contribution is -2.22. The van der Waals surface area contributed by atoms with Crippen molar-refractivity contribution >= 4 is 43.8 Å². The third kappa shape index (κ3) is 4.50. The number of ether oxygens (including phenoxy) is 1. The van der Waals surface area contributed by atoms with Crippen LogP contribution in [0.4, 0.5) is 0 Å². The number of hydrogen-bond donors (Lipinski definition) is 0. The van der Waals surface area contributed by atoms with Crippen molar-refractivity contribution in [3.8, 4) is 5.75 Å². The Kier molecular flexibility index (Phi) is 6.23. The van der Waals surface area contributed by atoms with E-state index >= 15 is 0 Å². The molecule has 5 aromatic rings. The second kappa shape index (κ2) is 9.61. The number of hydrogen-bond acceptors (Lipinski definition) is 4. The first kappa shape index (κ1) is 22.0. The molecular formula is C28H22BrN3O2. The largest absolute Gasteiger partial charge is 0.489 e. The highest BCUT2D eigenvalue weighted by Gasteiger charge is 2.10. The molecule has 1 heterocycles. The molecule has 0 bridgehead atoms. The first-order valence-electron chi connectivity index (χ1n) is 11.1. The lowest BCUT2D eigenvalue weighted by atomic mass is 10.1. The maximum atomic E-state index is 13.1. The van der Waals surface area contributed by atoms with Gasteiger partial charge in [-0.2, -0.15) is 9.78 Å². The summed E-state index contributed by atoms with van der Waals surface area (Å²) in [6.45, 7) is 2.42. The van der Waals surface area contributed by atoms with E-state index in [1.54, 1.807) is 12.3 Å². The molecule has 0 spiro atoms. The highest BCUT2D eigenvalue weighted by atomic mass is 79.9. The van der Waals surface area contributed by atoms with Crippen molar-refractivity contribution < 1.29 is 4.74 Å². The van der Waals surface area contributed by atoms with Gasteiger partial charge < -0.3 is 4.74 Å². The molecule has 6 heteroatoms. The Labute approximate surface area is 205 Å². The second-order valence-electron chi connectivity index (χ2n) is 7.90. The summed E-state index contributed by atoms with van der Waals surface area (Å²) in [4.78, 5) is 17.7. The van der Waals surface area contributed by atoms with Crippen LogP contribution >= 0.6 is 15.9 Å². The highest BCUT2D eigenvalue weighted by molar-refractivity contribution is 9.10. The number of fused-ring (bicyclic) bond motifs is 2. The van der Waals surface area contributed by atoms with Crippen molar-refractivity contribution in [1.82, 2.24) is 9.66 Å². The average molecular weight is 512 g/mol. The van der Waals surface area contributed by atoms with Crippen LogP contribution in [0.15, 0.2) is 99.3 Å². The van der Waals surface area contributed by atoms with E-state index in [9.17, 15) is 4.79 Å². The van der Waals surface area contributed by atoms with Crippen LogP contribution < -0.4 is 10.3 Å². The molecule has 0 fully saturated rings. The molecule has 0 unspecified atom stereocenters. The van der Waals surface area contributed by atoms with E-state index in [0.717, 1.165) is 21.3 Å². The predicted molar refractivity (Wildman–Crippen MR) is 141 cm³/mol. The summed E-state index contributed by atoms with van der Waals surface area (Å²) < 4.78 is 8.29. The Morgan fingerprint density at radius 3 is 2.68 bits per heavy atom. The molecule has 0 saturated heterocycles. The van der Waals surface area contributed by atoms with E-state index in [2.05, 4.69) is 50.3 Å². The monoisotopic (exact) mass is 511 g/mol. The first-order chi connectivity index (χ1) is 16.6. The molecule has 0 aliphatic carbocycles. The molecule has 0 radical (unpaired) electrons. The maximum Gasteiger partial charge on any atom is 0.282 e. The van der Waals surface area contributed by atoms with E-state index in [-0.39, 0.29) is 5.56 Å². The van der Waals surface area contributed by atoms with Crippen LogP contribution in [0.25, 0.3) is 21.7 Å². The zero-order valence-electron chi connectivity index (χ0n) is 18.6. The number of aromatic nitrogens is 2. The van der Waals surface area contributed by atoms with Gasteiger partial charge in [-0.05, 0) is 52.2 Å². The molecule has 4 aromatic carbocycles. The summed E-state index contributed by atoms with van der Waals surface area (Å²) in [5, 5.41) is 7.37. The van der Waals surface area contributed by atoms with Crippen LogP contribution in [0.1, 0.15) is 23.9 Å². The Balaban J connectivity index is 1.41. The first-order valence-corrected chi connectivity index (χ1v) is 11.9. The van der Waals surface area contributed by atoms with Gasteiger partial charge in [-0.1, -0.05) is 77.5 Å². The maximum absolute atomic E-state index is 13.1. The van der Waals surface area contributed by atoms with Gasteiger partial charge in [0.15, 0.2) is 0 Å². The van der Waals surface area contributed by atoms with Gasteiger partial charge in [0.2, 0.25) is 0 Å². The van der Waals surface area contributed by atoms with Crippen LogP contribution in [0.2, 0.25) is 0 Å². The Bertz CT molecular complexity index is 1590. The summed E-state index contributed by atoms with van der Waals surface area (Å²) in [6, 6.07) is 27.7. The third-order valence-corrected chi connectivity index (χ3v) is 6.14. The van der Waals surface area contributed by atoms with Crippen molar-refractivity contribution in [3.05, 3.63) is 117 Å². The smallest absolute Gasteiger partial charge is 0.282 e. The quantitative estimate of drug-likeness (QED) is 0.250. The number of rotatable bonds is 6. The van der Waals surface area contributed by atoms with Gasteiger partial charge in [-0.25, -0.2) is 4.98 Å². The Morgan fingerprint density at radius 2 is 1.79 bits per heavy atom. The summed E-state index contributed by atoms with van der Waals surface area (Å²) in [6.07, 6.45) is 2.25. The molecule has 0 saturated carbocycles. The second-order valence-corrected chi connectivity index (χ2v) is 8.82. The van der Waals surface area contributed by atoms with Crippen LogP contribution in [0, 0.1) is 0 Å². The Hall–Kier alpha value is -3.77. The van der Waals surface area contributed by atoms with Crippen LogP contribution in [-0.2, 0) is 13.0 Å². The van der Waals surface area contributed by atoms with Gasteiger partial charge >= 0.3 is 0 Å². The molecule has 1 aromatic heterocycles. The van der Waals surface area contributed by atoms with E-state index in [0.29, 0.717) is 29.8 Å². The number of aryl methyl sites for hydroxylation is 1. The van der Waals surface area contributed by atoms with Crippen LogP contribution in [0.5, 0.6) is 5.75 Å². The van der Waals surface area contributed by atoms with Gasteiger partial charge in [0.25, 0.3) is 5.56 Å². The molecule has 5 nitrogen and oxygen atoms in total. The average Bonchev–Trinajstić information content (AvgIpc) is 2.87. The standard InChI is InChI=1S/C28H22BrN3O2/c1-2-27-31-26-14-13-22(29)16-25(26)28(33)32(27)30-17-19-7-5-11-23(15-19)34-18-21-10-6-9-20-8-3-4-12-24(20)21/h3-17H,2,18H2,1H3. The fourth-order valence-corrected chi connectivity index (χ4v) is 4.29. The van der Waals surface area contributed by atoms with E-state index < -0.39 is 0 Å². The van der Waals surface area contributed by atoms with Crippen molar-refractivity contribution in [2.45, 2.75) is 20.0 Å². The summed E-state index contributed by atoms with van der Waals surface area (Å²) in [5.41, 5.74) is 2.44. The van der Waals surface area contributed by atoms with Crippen molar-refractivity contribution in [2.24, 2.45) is 5.10 Å². The number of halogens is 1. The van der Waals surface area contributed by atoms with E-state index in [4.69, 9.17) is 4.74 Å². The molecule has 0 aliphatic heterocycles. The van der Waals surface area contributed by atoms with Crippen molar-refractivity contribution in [1.29, 1.82) is 0 Å². The van der Waals surface area contributed by atoms with Crippen molar-refractivity contribution in [2.75, 3.05) is 0 Å². The zero-order chi connectivity index (χ0) is 23.5. The minimum Gasteiger partial charge on any atom is -0.489 e. The fraction of sp³-hybridized carbons (Fsp3) is 0.107. The molecule has 168 valence electrons. The van der Waals surface area contributed by atoms with Gasteiger partial charge in [-0.3, -0.25) is 4.79 Å². The molecule has 34 heavy (non-hydrogen) atoms. The van der Waals surface area contributed by atoms with Gasteiger partial charge in [0.05, 0.1) is 17.1 Å². The summed E-state index contributed by atoms with van der Waals surface area (Å²) in [7, 11) is 0. The van der Waals surface area contributed by atoms with E-state index in [1.165, 1.54) is 15.4 Å². The SMILES string of the molecule is CCc1nc2ccc(Br)cc2c(=O)n1N=Cc1cccc(OCc2cccc3ccccc23)c1. The summed E-state index contributed by atoms with van der Waals surface area (Å²) in [5.74, 6) is 1.35. The molecule has 0 atom stereocenters. The highest BCUT2D eigenvalue weighted by Crippen LogP contribution is 2.21. The molecule has 0 N–H and O–H groups in total. The third-order valence-electron chi connectivity index (χ3n) is 5.65. The van der Waals surface area contributed by atoms with Crippen LogP contribution in [0.3, 0.4) is 0 Å². The Morgan fingerprint density at radius 1 is 0.971 bits per heavy atom. The molecule has 5 rings (SSSR count). The van der Waals surface area contributed by atoms with Gasteiger partial charge in [0, 0.05) is 10.9 Å². The minimum absolute atomic E-state index is 0.192. The number of nitrogens with zero attached hydrogens (tertiary/aromatic N) is 3. The fourth-order valence-electron chi connectivity index (χ4n) is 3.93. The predicted octanol–water partition coefficient (Wildman–Crippen LogP) is 6.34. The topological polar surface area (TPSA) is 56.5 Å². The molecular weight excluding hydrogens is 490 g/mol. The molecule has 0 amide bonds. The lowest BCUT2D eigenvalue weighted by Gasteiger charge is -2.10. The minimum atomic E-state index is -0.192. The normalized spacial score (nSPS) is 11.5. The van der Waals surface area contributed by atoms with Crippen LogP contribution in [-0.4, -0.2) is 15.9 Å². The van der Waals surface area contributed by atoms with Gasteiger partial charge in [-0.15, -0.1) is 0 Å². The number of benzene rings is 4.